The van der Waals surface area contributed by atoms with Gasteiger partial charge < -0.3 is 4.74 Å². The van der Waals surface area contributed by atoms with E-state index >= 15 is 0 Å². The molecule has 3 nitrogen and oxygen atoms in total. The first-order valence-corrected chi connectivity index (χ1v) is 5.93. The molecule has 1 atom stereocenters. The lowest BCUT2D eigenvalue weighted by Crippen LogP contribution is -2.37. The van der Waals surface area contributed by atoms with Gasteiger partial charge in [0.05, 0.1) is 0 Å². The maximum absolute atomic E-state index is 11.0. The maximum atomic E-state index is 11.0. The molecule has 3 heteroatoms. The third kappa shape index (κ3) is 1.42. The fraction of sp³-hybridized carbons (Fsp3) is 0.538. The molecule has 1 fully saturated rings. The zero-order valence-electron chi connectivity index (χ0n) is 9.19. The van der Waals surface area contributed by atoms with Crippen molar-refractivity contribution < 1.29 is 4.74 Å². The first-order chi connectivity index (χ1) is 7.83. The Morgan fingerprint density at radius 1 is 1.25 bits per heavy atom. The standard InChI is InChI=1S/C13H15NO2/c15-14-11-9-13(7-3-4-8-13)16-12-6-2-1-5-10(11)12/h1-2,5-6,11H,3-4,7-9H2. The van der Waals surface area contributed by atoms with Gasteiger partial charge in [0.2, 0.25) is 0 Å². The summed E-state index contributed by atoms with van der Waals surface area (Å²) in [5, 5.41) is 3.28. The number of nitrogens with zero attached hydrogens (tertiary/aromatic N) is 1. The second kappa shape index (κ2) is 3.58. The van der Waals surface area contributed by atoms with Crippen molar-refractivity contribution in [3.8, 4) is 5.75 Å². The van der Waals surface area contributed by atoms with Crippen molar-refractivity contribution >= 4 is 0 Å². The number of benzene rings is 1. The number of nitroso groups, excluding NO2 is 1. The molecular formula is C13H15NO2. The summed E-state index contributed by atoms with van der Waals surface area (Å²) in [6, 6.07) is 7.57. The Morgan fingerprint density at radius 2 is 2.00 bits per heavy atom. The van der Waals surface area contributed by atoms with Gasteiger partial charge in [-0.05, 0) is 31.7 Å². The molecular weight excluding hydrogens is 202 g/mol. The fourth-order valence-corrected chi connectivity index (χ4v) is 3.01. The molecule has 1 aliphatic carbocycles. The SMILES string of the molecule is O=NC1CC2(CCCC2)Oc2ccccc21. The summed E-state index contributed by atoms with van der Waals surface area (Å²) < 4.78 is 6.11. The molecule has 1 aromatic carbocycles. The minimum absolute atomic E-state index is 0.104. The predicted molar refractivity (Wildman–Crippen MR) is 61.4 cm³/mol. The third-order valence-corrected chi connectivity index (χ3v) is 3.81. The molecule has 84 valence electrons. The molecule has 0 saturated heterocycles. The molecule has 0 aromatic heterocycles. The molecule has 1 aliphatic heterocycles. The van der Waals surface area contributed by atoms with E-state index in [1.807, 2.05) is 24.3 Å². The molecule has 2 aliphatic rings. The first-order valence-electron chi connectivity index (χ1n) is 5.93. The number of rotatable bonds is 1. The Morgan fingerprint density at radius 3 is 2.75 bits per heavy atom. The van der Waals surface area contributed by atoms with Crippen LogP contribution in [-0.4, -0.2) is 5.60 Å². The van der Waals surface area contributed by atoms with Crippen LogP contribution in [-0.2, 0) is 0 Å². The van der Waals surface area contributed by atoms with Gasteiger partial charge in [-0.25, -0.2) is 0 Å². The summed E-state index contributed by atoms with van der Waals surface area (Å²) in [6.07, 6.45) is 5.29. The van der Waals surface area contributed by atoms with Crippen molar-refractivity contribution in [3.05, 3.63) is 34.7 Å². The van der Waals surface area contributed by atoms with Crippen molar-refractivity contribution in [3.63, 3.8) is 0 Å². The second-order valence-corrected chi connectivity index (χ2v) is 4.86. The van der Waals surface area contributed by atoms with Gasteiger partial charge in [-0.1, -0.05) is 23.4 Å². The van der Waals surface area contributed by atoms with Crippen LogP contribution in [0.5, 0.6) is 5.75 Å². The Hall–Kier alpha value is -1.38. The average Bonchev–Trinajstić information content (AvgIpc) is 2.76. The Kier molecular flexibility index (Phi) is 2.20. The Balaban J connectivity index is 2.01. The van der Waals surface area contributed by atoms with Crippen molar-refractivity contribution in [2.75, 3.05) is 0 Å². The smallest absolute Gasteiger partial charge is 0.125 e. The van der Waals surface area contributed by atoms with Crippen LogP contribution in [0.15, 0.2) is 29.4 Å². The van der Waals surface area contributed by atoms with Gasteiger partial charge >= 0.3 is 0 Å². The predicted octanol–water partition coefficient (Wildman–Crippen LogP) is 3.59. The normalized spacial score (nSPS) is 26.1. The molecule has 1 unspecified atom stereocenters. The highest BCUT2D eigenvalue weighted by molar-refractivity contribution is 5.39. The Labute approximate surface area is 94.8 Å². The average molecular weight is 217 g/mol. The van der Waals surface area contributed by atoms with Crippen LogP contribution in [0.1, 0.15) is 43.7 Å². The zero-order valence-corrected chi connectivity index (χ0v) is 9.19. The van der Waals surface area contributed by atoms with Crippen molar-refractivity contribution in [1.82, 2.24) is 0 Å². The zero-order chi connectivity index (χ0) is 11.0. The van der Waals surface area contributed by atoms with Crippen molar-refractivity contribution in [2.45, 2.75) is 43.7 Å². The van der Waals surface area contributed by atoms with E-state index in [1.54, 1.807) is 0 Å². The molecule has 16 heavy (non-hydrogen) atoms. The summed E-state index contributed by atoms with van der Waals surface area (Å²) in [6.45, 7) is 0. The summed E-state index contributed by atoms with van der Waals surface area (Å²) in [5.41, 5.74) is 0.849. The van der Waals surface area contributed by atoms with Crippen LogP contribution in [0.2, 0.25) is 0 Å². The number of para-hydroxylation sites is 1. The van der Waals surface area contributed by atoms with Crippen LogP contribution in [0, 0.1) is 4.91 Å². The van der Waals surface area contributed by atoms with E-state index in [1.165, 1.54) is 12.8 Å². The summed E-state index contributed by atoms with van der Waals surface area (Å²) in [4.78, 5) is 11.0. The fourth-order valence-electron chi connectivity index (χ4n) is 3.01. The number of hydrogen-bond acceptors (Lipinski definition) is 3. The lowest BCUT2D eigenvalue weighted by atomic mass is 9.86. The summed E-state index contributed by atoms with van der Waals surface area (Å²) in [5.74, 6) is 0.861. The van der Waals surface area contributed by atoms with Crippen LogP contribution in [0.4, 0.5) is 0 Å². The highest BCUT2D eigenvalue weighted by Gasteiger charge is 2.43. The highest BCUT2D eigenvalue weighted by atomic mass is 16.5. The lowest BCUT2D eigenvalue weighted by Gasteiger charge is -2.37. The topological polar surface area (TPSA) is 38.7 Å². The monoisotopic (exact) mass is 217 g/mol. The summed E-state index contributed by atoms with van der Waals surface area (Å²) in [7, 11) is 0. The molecule has 1 saturated carbocycles. The van der Waals surface area contributed by atoms with E-state index in [-0.39, 0.29) is 11.6 Å². The largest absolute Gasteiger partial charge is 0.487 e. The van der Waals surface area contributed by atoms with Gasteiger partial charge in [-0.2, -0.15) is 4.91 Å². The van der Waals surface area contributed by atoms with Gasteiger partial charge in [0.1, 0.15) is 17.4 Å². The molecule has 0 bridgehead atoms. The maximum Gasteiger partial charge on any atom is 0.125 e. The van der Waals surface area contributed by atoms with Gasteiger partial charge in [-0.15, -0.1) is 0 Å². The first kappa shape index (κ1) is 9.82. The van der Waals surface area contributed by atoms with E-state index in [0.717, 1.165) is 30.6 Å². The van der Waals surface area contributed by atoms with E-state index in [2.05, 4.69) is 5.18 Å². The van der Waals surface area contributed by atoms with Gasteiger partial charge in [0, 0.05) is 12.0 Å². The number of hydrogen-bond donors (Lipinski definition) is 0. The van der Waals surface area contributed by atoms with Crippen molar-refractivity contribution in [1.29, 1.82) is 0 Å². The molecule has 0 radical (unpaired) electrons. The highest BCUT2D eigenvalue weighted by Crippen LogP contribution is 2.48. The third-order valence-electron chi connectivity index (χ3n) is 3.81. The van der Waals surface area contributed by atoms with E-state index in [0.29, 0.717) is 0 Å². The lowest BCUT2D eigenvalue weighted by molar-refractivity contribution is 0.0427. The second-order valence-electron chi connectivity index (χ2n) is 4.86. The summed E-state index contributed by atoms with van der Waals surface area (Å²) >= 11 is 0. The molecule has 0 N–H and O–H groups in total. The quantitative estimate of drug-likeness (QED) is 0.674. The molecule has 1 aromatic rings. The van der Waals surface area contributed by atoms with E-state index < -0.39 is 0 Å². The van der Waals surface area contributed by atoms with Crippen LogP contribution in [0.3, 0.4) is 0 Å². The number of ether oxygens (including phenoxy) is 1. The molecule has 1 heterocycles. The molecule has 1 spiro atoms. The minimum Gasteiger partial charge on any atom is -0.487 e. The minimum atomic E-state index is -0.219. The Bertz CT molecular complexity index is 410. The van der Waals surface area contributed by atoms with Gasteiger partial charge in [-0.3, -0.25) is 0 Å². The van der Waals surface area contributed by atoms with Crippen LogP contribution >= 0.6 is 0 Å². The molecule has 3 rings (SSSR count). The van der Waals surface area contributed by atoms with Crippen LogP contribution < -0.4 is 4.74 Å². The van der Waals surface area contributed by atoms with E-state index in [9.17, 15) is 4.91 Å². The number of fused-ring (bicyclic) bond motifs is 1. The van der Waals surface area contributed by atoms with Crippen molar-refractivity contribution in [2.24, 2.45) is 5.18 Å². The van der Waals surface area contributed by atoms with Gasteiger partial charge in [0.25, 0.3) is 0 Å². The van der Waals surface area contributed by atoms with Gasteiger partial charge in [0.15, 0.2) is 0 Å². The van der Waals surface area contributed by atoms with Crippen LogP contribution in [0.25, 0.3) is 0 Å². The van der Waals surface area contributed by atoms with E-state index in [4.69, 9.17) is 4.74 Å². The molecule has 0 amide bonds.